The fourth-order valence-electron chi connectivity index (χ4n) is 3.92. The molecule has 4 rings (SSSR count). The lowest BCUT2D eigenvalue weighted by Crippen LogP contribution is -2.32. The van der Waals surface area contributed by atoms with Crippen molar-refractivity contribution in [3.63, 3.8) is 0 Å². The lowest BCUT2D eigenvalue weighted by Gasteiger charge is -2.22. The fraction of sp³-hybridized carbons (Fsp3) is 0.471. The van der Waals surface area contributed by atoms with Crippen LogP contribution in [0.25, 0.3) is 10.9 Å². The molecule has 5 nitrogen and oxygen atoms in total. The number of piperidine rings is 1. The van der Waals surface area contributed by atoms with Crippen molar-refractivity contribution < 1.29 is 4.79 Å². The van der Waals surface area contributed by atoms with Gasteiger partial charge in [0, 0.05) is 25.7 Å². The third kappa shape index (κ3) is 2.01. The van der Waals surface area contributed by atoms with Gasteiger partial charge in [-0.05, 0) is 47.7 Å². The predicted molar refractivity (Wildman–Crippen MR) is 91.0 cm³/mol. The van der Waals surface area contributed by atoms with Crippen molar-refractivity contribution in [3.8, 4) is 0 Å². The first kappa shape index (κ1) is 14.6. The number of hydrogen-bond donors (Lipinski definition) is 1. The van der Waals surface area contributed by atoms with Gasteiger partial charge < -0.3 is 9.88 Å². The molecular formula is C17H19N3O2S. The van der Waals surface area contributed by atoms with Gasteiger partial charge in [0.1, 0.15) is 0 Å². The van der Waals surface area contributed by atoms with Gasteiger partial charge in [0.25, 0.3) is 11.5 Å². The van der Waals surface area contributed by atoms with E-state index in [0.29, 0.717) is 38.5 Å². The molecule has 2 heterocycles. The summed E-state index contributed by atoms with van der Waals surface area (Å²) in [4.78, 5) is 29.8. The zero-order chi connectivity index (χ0) is 16.5. The molecule has 1 aliphatic carbocycles. The maximum atomic E-state index is 12.7. The van der Waals surface area contributed by atoms with Crippen LogP contribution in [0.4, 0.5) is 0 Å². The Morgan fingerprint density at radius 2 is 1.96 bits per heavy atom. The average molecular weight is 329 g/mol. The molecule has 2 aliphatic rings. The van der Waals surface area contributed by atoms with Crippen molar-refractivity contribution in [2.75, 3.05) is 13.1 Å². The van der Waals surface area contributed by atoms with Gasteiger partial charge in [-0.25, -0.2) is 0 Å². The summed E-state index contributed by atoms with van der Waals surface area (Å²) < 4.78 is 1.76. The number of amides is 1. The predicted octanol–water partition coefficient (Wildman–Crippen LogP) is 2.32. The second-order valence-corrected chi connectivity index (χ2v) is 7.69. The summed E-state index contributed by atoms with van der Waals surface area (Å²) in [5, 5.41) is 0.544. The van der Waals surface area contributed by atoms with Gasteiger partial charge in [-0.3, -0.25) is 14.2 Å². The SMILES string of the molecule is Cn1c(=S)[nH]c2cc(C(=O)N3C[C@@H]4[C@@H](C3)C4(C)C)ccc2c1=O. The number of aromatic nitrogens is 2. The first-order valence-corrected chi connectivity index (χ1v) is 8.24. The largest absolute Gasteiger partial charge is 0.338 e. The Bertz CT molecular complexity index is 942. The van der Waals surface area contributed by atoms with Crippen LogP contribution in [-0.2, 0) is 7.05 Å². The average Bonchev–Trinajstić information content (AvgIpc) is 2.90. The molecule has 120 valence electrons. The van der Waals surface area contributed by atoms with E-state index in [1.54, 1.807) is 25.2 Å². The van der Waals surface area contributed by atoms with Crippen molar-refractivity contribution >= 4 is 29.0 Å². The monoisotopic (exact) mass is 329 g/mol. The minimum atomic E-state index is -0.146. The highest BCUT2D eigenvalue weighted by molar-refractivity contribution is 7.71. The molecule has 0 spiro atoms. The molecule has 23 heavy (non-hydrogen) atoms. The smallest absolute Gasteiger partial charge is 0.261 e. The van der Waals surface area contributed by atoms with E-state index < -0.39 is 0 Å². The number of nitrogens with zero attached hydrogens (tertiary/aromatic N) is 2. The summed E-state index contributed by atoms with van der Waals surface area (Å²) in [5.41, 5.74) is 1.47. The second-order valence-electron chi connectivity index (χ2n) is 7.30. The van der Waals surface area contributed by atoms with E-state index in [9.17, 15) is 9.59 Å². The van der Waals surface area contributed by atoms with Gasteiger partial charge >= 0.3 is 0 Å². The van der Waals surface area contributed by atoms with Crippen LogP contribution in [-0.4, -0.2) is 33.4 Å². The van der Waals surface area contributed by atoms with Gasteiger partial charge in [0.15, 0.2) is 4.77 Å². The summed E-state index contributed by atoms with van der Waals surface area (Å²) in [6.07, 6.45) is 0. The van der Waals surface area contributed by atoms with Crippen molar-refractivity contribution in [1.82, 2.24) is 14.5 Å². The number of hydrogen-bond acceptors (Lipinski definition) is 3. The number of aromatic amines is 1. The lowest BCUT2D eigenvalue weighted by atomic mass is 10.1. The van der Waals surface area contributed by atoms with Gasteiger partial charge in [-0.2, -0.15) is 0 Å². The van der Waals surface area contributed by atoms with Crippen LogP contribution in [0.2, 0.25) is 0 Å². The van der Waals surface area contributed by atoms with Crippen molar-refractivity contribution in [1.29, 1.82) is 0 Å². The summed E-state index contributed by atoms with van der Waals surface area (Å²) in [7, 11) is 1.64. The molecule has 1 aliphatic heterocycles. The van der Waals surface area contributed by atoms with E-state index in [1.165, 1.54) is 4.57 Å². The van der Waals surface area contributed by atoms with Gasteiger partial charge in [0.05, 0.1) is 10.9 Å². The van der Waals surface area contributed by atoms with Crippen molar-refractivity contribution in [3.05, 3.63) is 38.9 Å². The molecule has 0 unspecified atom stereocenters. The van der Waals surface area contributed by atoms with Crippen LogP contribution in [0, 0.1) is 22.0 Å². The van der Waals surface area contributed by atoms with E-state index in [2.05, 4.69) is 18.8 Å². The first-order valence-electron chi connectivity index (χ1n) is 7.83. The number of carbonyl (C=O) groups is 1. The normalized spacial score (nSPS) is 24.7. The van der Waals surface area contributed by atoms with E-state index in [-0.39, 0.29) is 11.5 Å². The minimum absolute atomic E-state index is 0.0369. The summed E-state index contributed by atoms with van der Waals surface area (Å²) in [6, 6.07) is 5.18. The number of carbonyl (C=O) groups excluding carboxylic acids is 1. The Hall–Kier alpha value is -1.95. The summed E-state index contributed by atoms with van der Waals surface area (Å²) >= 11 is 5.14. The van der Waals surface area contributed by atoms with Gasteiger partial charge in [-0.15, -0.1) is 0 Å². The maximum Gasteiger partial charge on any atom is 0.261 e. The molecule has 1 saturated carbocycles. The van der Waals surface area contributed by atoms with Crippen LogP contribution in [0.5, 0.6) is 0 Å². The number of H-pyrrole nitrogens is 1. The topological polar surface area (TPSA) is 58.1 Å². The molecule has 1 saturated heterocycles. The molecule has 1 N–H and O–H groups in total. The second kappa shape index (κ2) is 4.54. The Balaban J connectivity index is 1.68. The summed E-state index contributed by atoms with van der Waals surface area (Å²) in [5.74, 6) is 1.30. The highest BCUT2D eigenvalue weighted by Crippen LogP contribution is 2.62. The van der Waals surface area contributed by atoms with E-state index in [4.69, 9.17) is 12.2 Å². The third-order valence-corrected chi connectivity index (χ3v) is 6.13. The molecular weight excluding hydrogens is 310 g/mol. The molecule has 2 fully saturated rings. The van der Waals surface area contributed by atoms with Gasteiger partial charge in [-0.1, -0.05) is 13.8 Å². The molecule has 2 atom stereocenters. The number of fused-ring (bicyclic) bond motifs is 2. The van der Waals surface area contributed by atoms with Crippen LogP contribution >= 0.6 is 12.2 Å². The van der Waals surface area contributed by atoms with Crippen molar-refractivity contribution in [2.45, 2.75) is 13.8 Å². The molecule has 2 aromatic rings. The molecule has 1 amide bonds. The van der Waals surface area contributed by atoms with Crippen LogP contribution in [0.1, 0.15) is 24.2 Å². The number of nitrogens with one attached hydrogen (secondary N) is 1. The van der Waals surface area contributed by atoms with E-state index >= 15 is 0 Å². The lowest BCUT2D eigenvalue weighted by molar-refractivity contribution is 0.0758. The molecule has 0 radical (unpaired) electrons. The molecule has 0 bridgehead atoms. The van der Waals surface area contributed by atoms with Gasteiger partial charge in [0.2, 0.25) is 0 Å². The van der Waals surface area contributed by atoms with E-state index in [1.807, 2.05) is 4.90 Å². The minimum Gasteiger partial charge on any atom is -0.338 e. The van der Waals surface area contributed by atoms with Crippen LogP contribution in [0.15, 0.2) is 23.0 Å². The third-order valence-electron chi connectivity index (χ3n) is 5.76. The fourth-order valence-corrected chi connectivity index (χ4v) is 4.11. The Labute approximate surface area is 138 Å². The molecule has 1 aromatic heterocycles. The quantitative estimate of drug-likeness (QED) is 0.817. The zero-order valence-electron chi connectivity index (χ0n) is 13.4. The van der Waals surface area contributed by atoms with Crippen LogP contribution < -0.4 is 5.56 Å². The Morgan fingerprint density at radius 1 is 1.30 bits per heavy atom. The first-order chi connectivity index (χ1) is 10.8. The molecule has 1 aromatic carbocycles. The Morgan fingerprint density at radius 3 is 2.61 bits per heavy atom. The maximum absolute atomic E-state index is 12.7. The Kier molecular flexibility index (Phi) is 2.89. The highest BCUT2D eigenvalue weighted by Gasteiger charge is 2.62. The number of likely N-dealkylation sites (tertiary alicyclic amines) is 1. The summed E-state index contributed by atoms with van der Waals surface area (Å²) in [6.45, 7) is 6.22. The highest BCUT2D eigenvalue weighted by atomic mass is 32.1. The number of rotatable bonds is 1. The number of benzene rings is 1. The molecule has 6 heteroatoms. The van der Waals surface area contributed by atoms with E-state index in [0.717, 1.165) is 13.1 Å². The van der Waals surface area contributed by atoms with Crippen molar-refractivity contribution in [2.24, 2.45) is 24.3 Å². The van der Waals surface area contributed by atoms with Crippen LogP contribution in [0.3, 0.4) is 0 Å². The zero-order valence-corrected chi connectivity index (χ0v) is 14.2. The standard InChI is InChI=1S/C17H19N3O2S/c1-17(2)11-7-20(8-12(11)17)14(21)9-4-5-10-13(6-9)18-16(23)19(3)15(10)22/h4-6,11-12H,7-8H2,1-3H3,(H,18,23)/t11-,12-/m1/s1.